The van der Waals surface area contributed by atoms with Gasteiger partial charge >= 0.3 is 5.69 Å². The molecule has 0 spiro atoms. The van der Waals surface area contributed by atoms with Crippen molar-refractivity contribution in [1.82, 2.24) is 15.1 Å². The molecular formula is C13H13FN4O3. The van der Waals surface area contributed by atoms with Gasteiger partial charge in [0.1, 0.15) is 24.3 Å². The summed E-state index contributed by atoms with van der Waals surface area (Å²) >= 11 is 0. The Morgan fingerprint density at radius 2 is 2.14 bits per heavy atom. The first-order valence-electron chi connectivity index (χ1n) is 6.18. The fraction of sp³-hybridized carbons (Fsp3) is 0.231. The lowest BCUT2D eigenvalue weighted by Crippen LogP contribution is -2.30. The summed E-state index contributed by atoms with van der Waals surface area (Å²) in [5.74, 6) is -0.681. The van der Waals surface area contributed by atoms with E-state index in [4.69, 9.17) is 0 Å². The Morgan fingerprint density at radius 1 is 1.48 bits per heavy atom. The molecule has 0 aliphatic carbocycles. The smallest absolute Gasteiger partial charge is 0.307 e. The third-order valence-corrected chi connectivity index (χ3v) is 2.95. The molecule has 21 heavy (non-hydrogen) atoms. The van der Waals surface area contributed by atoms with E-state index in [9.17, 15) is 19.3 Å². The second-order valence-electron chi connectivity index (χ2n) is 4.46. The quantitative estimate of drug-likeness (QED) is 0.672. The Balaban J connectivity index is 1.95. The van der Waals surface area contributed by atoms with Crippen LogP contribution in [0.3, 0.4) is 0 Å². The summed E-state index contributed by atoms with van der Waals surface area (Å²) in [5, 5.41) is 17.0. The fourth-order valence-corrected chi connectivity index (χ4v) is 1.69. The van der Waals surface area contributed by atoms with E-state index in [1.165, 1.54) is 23.0 Å². The molecule has 0 saturated heterocycles. The van der Waals surface area contributed by atoms with Crippen molar-refractivity contribution in [1.29, 1.82) is 0 Å². The first-order chi connectivity index (χ1) is 9.97. The molecule has 1 atom stereocenters. The number of hydrogen-bond acceptors (Lipinski definition) is 4. The number of carbonyl (C=O) groups excluding carboxylic acids is 1. The van der Waals surface area contributed by atoms with Crippen molar-refractivity contribution in [3.63, 3.8) is 0 Å². The predicted octanol–water partition coefficient (Wildman–Crippen LogP) is 1.81. The summed E-state index contributed by atoms with van der Waals surface area (Å²) in [6.07, 6.45) is 2.28. The summed E-state index contributed by atoms with van der Waals surface area (Å²) in [6.45, 7) is 1.82. The lowest BCUT2D eigenvalue weighted by molar-refractivity contribution is -0.385. The third-order valence-electron chi connectivity index (χ3n) is 2.95. The molecule has 1 heterocycles. The van der Waals surface area contributed by atoms with Gasteiger partial charge in [-0.2, -0.15) is 5.10 Å². The summed E-state index contributed by atoms with van der Waals surface area (Å²) in [7, 11) is 0. The van der Waals surface area contributed by atoms with Gasteiger partial charge in [0, 0.05) is 6.54 Å². The van der Waals surface area contributed by atoms with E-state index in [0.717, 1.165) is 11.8 Å². The van der Waals surface area contributed by atoms with Gasteiger partial charge in [-0.15, -0.1) is 0 Å². The first-order valence-corrected chi connectivity index (χ1v) is 6.18. The van der Waals surface area contributed by atoms with Gasteiger partial charge in [0.25, 0.3) is 0 Å². The predicted molar refractivity (Wildman–Crippen MR) is 71.8 cm³/mol. The van der Waals surface area contributed by atoms with E-state index in [1.54, 1.807) is 19.1 Å². The van der Waals surface area contributed by atoms with Crippen LogP contribution in [0.4, 0.5) is 10.1 Å². The molecule has 1 aromatic carbocycles. The van der Waals surface area contributed by atoms with Gasteiger partial charge < -0.3 is 5.32 Å². The molecule has 2 aromatic rings. The second kappa shape index (κ2) is 6.12. The summed E-state index contributed by atoms with van der Waals surface area (Å²) in [4.78, 5) is 21.9. The maximum absolute atomic E-state index is 12.7. The lowest BCUT2D eigenvalue weighted by atomic mass is 10.2. The number of benzene rings is 1. The molecule has 0 fully saturated rings. The van der Waals surface area contributed by atoms with E-state index < -0.39 is 11.0 Å². The molecule has 110 valence electrons. The summed E-state index contributed by atoms with van der Waals surface area (Å²) < 4.78 is 14.0. The van der Waals surface area contributed by atoms with E-state index in [2.05, 4.69) is 10.4 Å². The van der Waals surface area contributed by atoms with Crippen LogP contribution in [-0.4, -0.2) is 20.6 Å². The molecule has 1 amide bonds. The molecule has 7 nitrogen and oxygen atoms in total. The SMILES string of the molecule is CC(C(=O)NCc1ccc(F)cc1)n1cc([N+](=O)[O-])cn1. The van der Waals surface area contributed by atoms with Crippen LogP contribution in [0, 0.1) is 15.9 Å². The average molecular weight is 292 g/mol. The highest BCUT2D eigenvalue weighted by Crippen LogP contribution is 2.13. The molecule has 0 aliphatic heterocycles. The summed E-state index contributed by atoms with van der Waals surface area (Å²) in [6, 6.07) is 5.07. The van der Waals surface area contributed by atoms with Crippen LogP contribution in [0.5, 0.6) is 0 Å². The van der Waals surface area contributed by atoms with Crippen molar-refractivity contribution in [3.8, 4) is 0 Å². The second-order valence-corrected chi connectivity index (χ2v) is 4.46. The van der Waals surface area contributed by atoms with Gasteiger partial charge in [0.15, 0.2) is 0 Å². The minimum Gasteiger partial charge on any atom is -0.350 e. The van der Waals surface area contributed by atoms with Crippen molar-refractivity contribution >= 4 is 11.6 Å². The highest BCUT2D eigenvalue weighted by atomic mass is 19.1. The zero-order valence-electron chi connectivity index (χ0n) is 11.2. The average Bonchev–Trinajstić information content (AvgIpc) is 2.95. The van der Waals surface area contributed by atoms with Crippen LogP contribution in [0.15, 0.2) is 36.7 Å². The molecule has 0 radical (unpaired) electrons. The molecule has 0 aliphatic rings. The number of nitro groups is 1. The number of nitrogens with zero attached hydrogens (tertiary/aromatic N) is 3. The van der Waals surface area contributed by atoms with Crippen LogP contribution in [0.25, 0.3) is 0 Å². The van der Waals surface area contributed by atoms with Crippen molar-refractivity contribution in [2.24, 2.45) is 0 Å². The van der Waals surface area contributed by atoms with Gasteiger partial charge in [0.2, 0.25) is 5.91 Å². The Labute approximate surface area is 119 Å². The van der Waals surface area contributed by atoms with Crippen molar-refractivity contribution in [3.05, 3.63) is 58.2 Å². The Kier molecular flexibility index (Phi) is 4.27. The maximum atomic E-state index is 12.7. The molecule has 2 rings (SSSR count). The molecule has 8 heteroatoms. The van der Waals surface area contributed by atoms with E-state index >= 15 is 0 Å². The number of rotatable bonds is 5. The first kappa shape index (κ1) is 14.6. The molecule has 1 unspecified atom stereocenters. The van der Waals surface area contributed by atoms with Gasteiger partial charge in [-0.25, -0.2) is 4.39 Å². The number of amides is 1. The van der Waals surface area contributed by atoms with Gasteiger partial charge in [-0.3, -0.25) is 19.6 Å². The van der Waals surface area contributed by atoms with Gasteiger partial charge in [0.05, 0.1) is 4.92 Å². The molecular weight excluding hydrogens is 279 g/mol. The van der Waals surface area contributed by atoms with E-state index in [-0.39, 0.29) is 24.0 Å². The van der Waals surface area contributed by atoms with Crippen molar-refractivity contribution in [2.45, 2.75) is 19.5 Å². The number of aromatic nitrogens is 2. The van der Waals surface area contributed by atoms with Crippen LogP contribution in [-0.2, 0) is 11.3 Å². The minimum atomic E-state index is -0.681. The van der Waals surface area contributed by atoms with Crippen LogP contribution >= 0.6 is 0 Å². The van der Waals surface area contributed by atoms with Crippen molar-refractivity contribution in [2.75, 3.05) is 0 Å². The lowest BCUT2D eigenvalue weighted by Gasteiger charge is -2.12. The highest BCUT2D eigenvalue weighted by Gasteiger charge is 2.18. The molecule has 0 saturated carbocycles. The Hall–Kier alpha value is -2.77. The van der Waals surface area contributed by atoms with Crippen molar-refractivity contribution < 1.29 is 14.1 Å². The highest BCUT2D eigenvalue weighted by molar-refractivity contribution is 5.79. The summed E-state index contributed by atoms with van der Waals surface area (Å²) in [5.41, 5.74) is 0.580. The Bertz CT molecular complexity index is 654. The Morgan fingerprint density at radius 3 is 2.71 bits per heavy atom. The normalized spacial score (nSPS) is 11.9. The van der Waals surface area contributed by atoms with Crippen LogP contribution in [0.2, 0.25) is 0 Å². The zero-order chi connectivity index (χ0) is 15.4. The van der Waals surface area contributed by atoms with Gasteiger partial charge in [-0.1, -0.05) is 12.1 Å². The van der Waals surface area contributed by atoms with E-state index in [0.29, 0.717) is 0 Å². The van der Waals surface area contributed by atoms with Crippen LogP contribution < -0.4 is 5.32 Å². The monoisotopic (exact) mass is 292 g/mol. The molecule has 1 aromatic heterocycles. The standard InChI is InChI=1S/C13H13FN4O3/c1-9(17-8-12(7-16-17)18(20)21)13(19)15-6-10-2-4-11(14)5-3-10/h2-5,7-9H,6H2,1H3,(H,15,19). The third kappa shape index (κ3) is 3.62. The zero-order valence-corrected chi connectivity index (χ0v) is 11.2. The molecule has 0 bridgehead atoms. The number of carbonyl (C=O) groups is 1. The largest absolute Gasteiger partial charge is 0.350 e. The van der Waals surface area contributed by atoms with E-state index in [1.807, 2.05) is 0 Å². The fourth-order valence-electron chi connectivity index (χ4n) is 1.69. The minimum absolute atomic E-state index is 0.173. The van der Waals surface area contributed by atoms with Gasteiger partial charge in [-0.05, 0) is 24.6 Å². The maximum Gasteiger partial charge on any atom is 0.307 e. The number of hydrogen-bond donors (Lipinski definition) is 1. The molecule has 1 N–H and O–H groups in total. The van der Waals surface area contributed by atoms with Crippen LogP contribution in [0.1, 0.15) is 18.5 Å². The number of nitrogens with one attached hydrogen (secondary N) is 1. The number of halogens is 1. The topological polar surface area (TPSA) is 90.1 Å².